The molecule has 0 amide bonds. The van der Waals surface area contributed by atoms with Crippen LogP contribution in [0.4, 0.5) is 8.78 Å². The van der Waals surface area contributed by atoms with Crippen LogP contribution in [0.15, 0.2) is 0 Å². The van der Waals surface area contributed by atoms with Crippen LogP contribution in [0.2, 0.25) is 0 Å². The number of hydrogen-bond acceptors (Lipinski definition) is 1. The molecule has 0 heterocycles. The summed E-state index contributed by atoms with van der Waals surface area (Å²) in [5, 5.41) is 0. The zero-order valence-electron chi connectivity index (χ0n) is 5.86. The first kappa shape index (κ1) is 7.63. The van der Waals surface area contributed by atoms with Crippen molar-refractivity contribution in [1.29, 1.82) is 0 Å². The van der Waals surface area contributed by atoms with Crippen LogP contribution in [-0.2, 0) is 4.79 Å². The summed E-state index contributed by atoms with van der Waals surface area (Å²) in [6.45, 7) is 1.63. The summed E-state index contributed by atoms with van der Waals surface area (Å²) in [5.41, 5.74) is -1.21. The molecule has 0 saturated heterocycles. The van der Waals surface area contributed by atoms with Gasteiger partial charge in [-0.05, 0) is 12.8 Å². The number of alkyl halides is 2. The fourth-order valence-corrected chi connectivity index (χ4v) is 1.11. The van der Waals surface area contributed by atoms with Crippen LogP contribution in [0.5, 0.6) is 0 Å². The Balaban J connectivity index is 2.60. The minimum absolute atomic E-state index is 0.240. The van der Waals surface area contributed by atoms with E-state index in [9.17, 15) is 13.6 Å². The van der Waals surface area contributed by atoms with E-state index in [4.69, 9.17) is 0 Å². The van der Waals surface area contributed by atoms with Gasteiger partial charge in [0, 0.05) is 6.42 Å². The summed E-state index contributed by atoms with van der Waals surface area (Å²) < 4.78 is 24.2. The average molecular weight is 148 g/mol. The molecule has 1 aliphatic carbocycles. The summed E-state index contributed by atoms with van der Waals surface area (Å²) in [6.07, 6.45) is -1.43. The molecule has 1 nitrogen and oxygen atoms in total. The molecule has 0 aliphatic heterocycles. The topological polar surface area (TPSA) is 17.1 Å². The molecule has 1 fully saturated rings. The van der Waals surface area contributed by atoms with Crippen LogP contribution in [0.3, 0.4) is 0 Å². The Morgan fingerprint density at radius 1 is 1.60 bits per heavy atom. The van der Waals surface area contributed by atoms with E-state index in [2.05, 4.69) is 0 Å². The van der Waals surface area contributed by atoms with Crippen LogP contribution in [0, 0.1) is 5.41 Å². The summed E-state index contributed by atoms with van der Waals surface area (Å²) in [7, 11) is 0. The monoisotopic (exact) mass is 148 g/mol. The minimum Gasteiger partial charge on any atom is -0.299 e. The van der Waals surface area contributed by atoms with Crippen LogP contribution in [-0.4, -0.2) is 12.2 Å². The molecule has 1 saturated carbocycles. The molecule has 1 rings (SSSR count). The van der Waals surface area contributed by atoms with Crippen molar-refractivity contribution in [3.8, 4) is 0 Å². The maximum absolute atomic E-state index is 12.1. The van der Waals surface area contributed by atoms with E-state index in [0.717, 1.165) is 0 Å². The average Bonchev–Trinajstić information content (AvgIpc) is 2.65. The van der Waals surface area contributed by atoms with Crippen LogP contribution in [0.1, 0.15) is 26.2 Å². The first-order chi connectivity index (χ1) is 4.63. The number of carbonyl (C=O) groups excluding carboxylic acids is 1. The molecule has 0 aromatic rings. The Morgan fingerprint density at radius 3 is 2.20 bits per heavy atom. The molecule has 0 spiro atoms. The third-order valence-corrected chi connectivity index (χ3v) is 2.08. The van der Waals surface area contributed by atoms with E-state index in [0.29, 0.717) is 12.8 Å². The molecule has 0 unspecified atom stereocenters. The van der Waals surface area contributed by atoms with Gasteiger partial charge in [-0.2, -0.15) is 0 Å². The van der Waals surface area contributed by atoms with Gasteiger partial charge in [0.05, 0.1) is 5.41 Å². The summed E-state index contributed by atoms with van der Waals surface area (Å²) in [4.78, 5) is 10.9. The van der Waals surface area contributed by atoms with E-state index >= 15 is 0 Å². The van der Waals surface area contributed by atoms with E-state index in [-0.39, 0.29) is 12.2 Å². The van der Waals surface area contributed by atoms with Gasteiger partial charge in [0.1, 0.15) is 5.78 Å². The highest BCUT2D eigenvalue weighted by atomic mass is 19.3. The van der Waals surface area contributed by atoms with Crippen molar-refractivity contribution in [3.05, 3.63) is 0 Å². The maximum Gasteiger partial charge on any atom is 0.251 e. The molecule has 0 atom stereocenters. The SMILES string of the molecule is CCC(=O)C1(C(F)F)CC1. The number of carbonyl (C=O) groups is 1. The molecular weight excluding hydrogens is 138 g/mol. The van der Waals surface area contributed by atoms with Gasteiger partial charge in [-0.15, -0.1) is 0 Å². The lowest BCUT2D eigenvalue weighted by atomic mass is 10.0. The predicted octanol–water partition coefficient (Wildman–Crippen LogP) is 2.01. The predicted molar refractivity (Wildman–Crippen MR) is 33.0 cm³/mol. The van der Waals surface area contributed by atoms with Gasteiger partial charge in [-0.1, -0.05) is 6.92 Å². The zero-order chi connectivity index (χ0) is 7.78. The Bertz CT molecular complexity index is 150. The largest absolute Gasteiger partial charge is 0.299 e. The standard InChI is InChI=1S/C7H10F2O/c1-2-5(10)7(3-4-7)6(8)9/h6H,2-4H2,1H3. The summed E-state index contributed by atoms with van der Waals surface area (Å²) >= 11 is 0. The molecule has 3 heteroatoms. The molecule has 10 heavy (non-hydrogen) atoms. The maximum atomic E-state index is 12.1. The lowest BCUT2D eigenvalue weighted by Gasteiger charge is -2.09. The lowest BCUT2D eigenvalue weighted by Crippen LogP contribution is -2.22. The first-order valence-electron chi connectivity index (χ1n) is 3.45. The van der Waals surface area contributed by atoms with Gasteiger partial charge in [-0.25, -0.2) is 8.78 Å². The van der Waals surface area contributed by atoms with Crippen molar-refractivity contribution in [2.75, 3.05) is 0 Å². The molecule has 0 aromatic heterocycles. The van der Waals surface area contributed by atoms with Crippen LogP contribution >= 0.6 is 0 Å². The fraction of sp³-hybridized carbons (Fsp3) is 0.857. The normalized spacial score (nSPS) is 21.2. The third-order valence-electron chi connectivity index (χ3n) is 2.08. The number of rotatable bonds is 3. The van der Waals surface area contributed by atoms with Crippen molar-refractivity contribution in [3.63, 3.8) is 0 Å². The van der Waals surface area contributed by atoms with E-state index in [1.54, 1.807) is 6.92 Å². The Kier molecular flexibility index (Phi) is 1.75. The van der Waals surface area contributed by atoms with Crippen LogP contribution < -0.4 is 0 Å². The molecule has 0 aromatic carbocycles. The van der Waals surface area contributed by atoms with Crippen LogP contribution in [0.25, 0.3) is 0 Å². The summed E-state index contributed by atoms with van der Waals surface area (Å²) in [5.74, 6) is -0.275. The fourth-order valence-electron chi connectivity index (χ4n) is 1.11. The van der Waals surface area contributed by atoms with Gasteiger partial charge in [0.25, 0.3) is 6.43 Å². The van der Waals surface area contributed by atoms with E-state index in [1.165, 1.54) is 0 Å². The van der Waals surface area contributed by atoms with Crippen molar-refractivity contribution in [1.82, 2.24) is 0 Å². The second-order valence-corrected chi connectivity index (χ2v) is 2.73. The van der Waals surface area contributed by atoms with Crippen molar-refractivity contribution in [2.24, 2.45) is 5.41 Å². The van der Waals surface area contributed by atoms with Gasteiger partial charge in [-0.3, -0.25) is 4.79 Å². The quantitative estimate of drug-likeness (QED) is 0.598. The minimum atomic E-state index is -2.44. The van der Waals surface area contributed by atoms with E-state index in [1.807, 2.05) is 0 Å². The number of halogens is 2. The van der Waals surface area contributed by atoms with Crippen molar-refractivity contribution in [2.45, 2.75) is 32.6 Å². The third kappa shape index (κ3) is 0.935. The van der Waals surface area contributed by atoms with Crippen molar-refractivity contribution >= 4 is 5.78 Å². The highest BCUT2D eigenvalue weighted by Gasteiger charge is 2.55. The number of hydrogen-bond donors (Lipinski definition) is 0. The molecule has 58 valence electrons. The van der Waals surface area contributed by atoms with Gasteiger partial charge in [0.2, 0.25) is 0 Å². The molecular formula is C7H10F2O. The Labute approximate surface area is 58.4 Å². The number of ketones is 1. The Morgan fingerprint density at radius 2 is 2.10 bits per heavy atom. The Hall–Kier alpha value is -0.470. The molecule has 1 aliphatic rings. The second-order valence-electron chi connectivity index (χ2n) is 2.73. The molecule has 0 N–H and O–H groups in total. The highest BCUT2D eigenvalue weighted by molar-refractivity contribution is 5.87. The van der Waals surface area contributed by atoms with Gasteiger partial charge < -0.3 is 0 Å². The first-order valence-corrected chi connectivity index (χ1v) is 3.45. The molecule has 0 bridgehead atoms. The highest BCUT2D eigenvalue weighted by Crippen LogP contribution is 2.51. The smallest absolute Gasteiger partial charge is 0.251 e. The van der Waals surface area contributed by atoms with Gasteiger partial charge in [0.15, 0.2) is 0 Å². The molecule has 0 radical (unpaired) electrons. The lowest BCUT2D eigenvalue weighted by molar-refractivity contribution is -0.129. The van der Waals surface area contributed by atoms with Gasteiger partial charge >= 0.3 is 0 Å². The van der Waals surface area contributed by atoms with Crippen molar-refractivity contribution < 1.29 is 13.6 Å². The summed E-state index contributed by atoms with van der Waals surface area (Å²) in [6, 6.07) is 0. The van der Waals surface area contributed by atoms with E-state index < -0.39 is 11.8 Å². The zero-order valence-corrected chi connectivity index (χ0v) is 5.86. The number of Topliss-reactive ketones (excluding diaryl/α,β-unsaturated/α-hetero) is 1. The second kappa shape index (κ2) is 2.29.